The zero-order chi connectivity index (χ0) is 14.0. The maximum absolute atomic E-state index is 12.9. The Hall–Kier alpha value is -1.08. The van der Waals surface area contributed by atoms with Crippen LogP contribution in [-0.4, -0.2) is 25.0 Å². The van der Waals surface area contributed by atoms with Crippen LogP contribution in [0.15, 0.2) is 22.7 Å². The van der Waals surface area contributed by atoms with Crippen molar-refractivity contribution in [1.82, 2.24) is 10.6 Å². The number of amides is 1. The molecule has 1 aliphatic rings. The van der Waals surface area contributed by atoms with Crippen LogP contribution in [0.4, 0.5) is 13.2 Å². The van der Waals surface area contributed by atoms with E-state index in [1.165, 1.54) is 12.1 Å². The van der Waals surface area contributed by atoms with Gasteiger partial charge in [0.1, 0.15) is 0 Å². The van der Waals surface area contributed by atoms with Gasteiger partial charge in [0.25, 0.3) is 5.91 Å². The molecular formula is C12H12BrF3N2O. The molecule has 1 amide bonds. The molecule has 1 aliphatic heterocycles. The Morgan fingerprint density at radius 1 is 1.42 bits per heavy atom. The van der Waals surface area contributed by atoms with Gasteiger partial charge in [-0.05, 0) is 31.2 Å². The van der Waals surface area contributed by atoms with Crippen molar-refractivity contribution in [3.8, 4) is 0 Å². The molecule has 0 aliphatic carbocycles. The lowest BCUT2D eigenvalue weighted by Gasteiger charge is -2.16. The minimum Gasteiger partial charge on any atom is -0.348 e. The Morgan fingerprint density at radius 3 is 2.74 bits per heavy atom. The highest BCUT2D eigenvalue weighted by atomic mass is 79.9. The first kappa shape index (κ1) is 14.3. The first-order valence-corrected chi connectivity index (χ1v) is 6.55. The second kappa shape index (κ2) is 5.50. The Balaban J connectivity index is 2.25. The summed E-state index contributed by atoms with van der Waals surface area (Å²) in [5.41, 5.74) is -1.27. The molecule has 104 valence electrons. The van der Waals surface area contributed by atoms with Crippen molar-refractivity contribution in [1.29, 1.82) is 0 Å². The summed E-state index contributed by atoms with van der Waals surface area (Å²) in [7, 11) is 0. The molecule has 1 aromatic carbocycles. The van der Waals surface area contributed by atoms with Crippen LogP contribution in [0, 0.1) is 0 Å². The molecule has 0 bridgehead atoms. The summed E-state index contributed by atoms with van der Waals surface area (Å²) in [4.78, 5) is 11.9. The molecule has 7 heteroatoms. The summed E-state index contributed by atoms with van der Waals surface area (Å²) in [6.45, 7) is 1.35. The van der Waals surface area contributed by atoms with Gasteiger partial charge >= 0.3 is 6.18 Å². The van der Waals surface area contributed by atoms with Crippen LogP contribution in [-0.2, 0) is 6.18 Å². The first-order chi connectivity index (χ1) is 8.88. The highest BCUT2D eigenvalue weighted by molar-refractivity contribution is 9.10. The molecule has 2 rings (SSSR count). The van der Waals surface area contributed by atoms with Crippen molar-refractivity contribution in [3.63, 3.8) is 0 Å². The monoisotopic (exact) mass is 336 g/mol. The third-order valence-electron chi connectivity index (χ3n) is 2.93. The van der Waals surface area contributed by atoms with E-state index in [0.29, 0.717) is 11.0 Å². The van der Waals surface area contributed by atoms with E-state index in [1.807, 2.05) is 0 Å². The van der Waals surface area contributed by atoms with E-state index >= 15 is 0 Å². The minimum atomic E-state index is -4.55. The predicted molar refractivity (Wildman–Crippen MR) is 67.9 cm³/mol. The van der Waals surface area contributed by atoms with E-state index in [0.717, 1.165) is 19.0 Å². The summed E-state index contributed by atoms with van der Waals surface area (Å²) in [6.07, 6.45) is -3.83. The predicted octanol–water partition coefficient (Wildman–Crippen LogP) is 2.56. The molecule has 1 heterocycles. The fourth-order valence-corrected chi connectivity index (χ4v) is 2.35. The smallest absolute Gasteiger partial charge is 0.348 e. The number of carbonyl (C=O) groups excluding carboxylic acids is 1. The Kier molecular flexibility index (Phi) is 4.15. The van der Waals surface area contributed by atoms with E-state index in [2.05, 4.69) is 26.6 Å². The van der Waals surface area contributed by atoms with Gasteiger partial charge in [-0.25, -0.2) is 0 Å². The van der Waals surface area contributed by atoms with Crippen molar-refractivity contribution in [2.75, 3.05) is 13.1 Å². The summed E-state index contributed by atoms with van der Waals surface area (Å²) < 4.78 is 39.0. The SMILES string of the molecule is O=C(N[C@@H]1CCNC1)c1ccc(Br)cc1C(F)(F)F. The summed E-state index contributed by atoms with van der Waals surface area (Å²) in [5, 5.41) is 5.65. The first-order valence-electron chi connectivity index (χ1n) is 5.76. The molecule has 19 heavy (non-hydrogen) atoms. The second-order valence-corrected chi connectivity index (χ2v) is 5.27. The van der Waals surface area contributed by atoms with Gasteiger partial charge in [-0.2, -0.15) is 13.2 Å². The Morgan fingerprint density at radius 2 is 2.16 bits per heavy atom. The van der Waals surface area contributed by atoms with E-state index in [4.69, 9.17) is 0 Å². The Bertz CT molecular complexity index is 484. The Labute approximate surface area is 116 Å². The third kappa shape index (κ3) is 3.48. The van der Waals surface area contributed by atoms with Crippen molar-refractivity contribution in [2.24, 2.45) is 0 Å². The largest absolute Gasteiger partial charge is 0.417 e. The number of carbonyl (C=O) groups is 1. The molecular weight excluding hydrogens is 325 g/mol. The molecule has 1 fully saturated rings. The van der Waals surface area contributed by atoms with E-state index in [1.54, 1.807) is 0 Å². The molecule has 2 N–H and O–H groups in total. The normalized spacial score (nSPS) is 19.5. The van der Waals surface area contributed by atoms with Gasteiger partial charge in [-0.15, -0.1) is 0 Å². The van der Waals surface area contributed by atoms with Gasteiger partial charge in [0.05, 0.1) is 11.1 Å². The maximum Gasteiger partial charge on any atom is 0.417 e. The van der Waals surface area contributed by atoms with Crippen molar-refractivity contribution in [2.45, 2.75) is 18.6 Å². The van der Waals surface area contributed by atoms with Crippen molar-refractivity contribution >= 4 is 21.8 Å². The van der Waals surface area contributed by atoms with Gasteiger partial charge < -0.3 is 10.6 Å². The molecule has 1 saturated heterocycles. The molecule has 1 aromatic rings. The van der Waals surface area contributed by atoms with Gasteiger partial charge in [-0.1, -0.05) is 15.9 Å². The molecule has 1 atom stereocenters. The summed E-state index contributed by atoms with van der Waals surface area (Å²) >= 11 is 2.98. The topological polar surface area (TPSA) is 41.1 Å². The number of hydrogen-bond acceptors (Lipinski definition) is 2. The molecule has 0 radical (unpaired) electrons. The quantitative estimate of drug-likeness (QED) is 0.871. The number of alkyl halides is 3. The van der Waals surface area contributed by atoms with Gasteiger partial charge in [-0.3, -0.25) is 4.79 Å². The van der Waals surface area contributed by atoms with Crippen LogP contribution >= 0.6 is 15.9 Å². The lowest BCUT2D eigenvalue weighted by Crippen LogP contribution is -2.37. The molecule has 0 saturated carbocycles. The fourth-order valence-electron chi connectivity index (χ4n) is 1.99. The van der Waals surface area contributed by atoms with Crippen LogP contribution in [0.3, 0.4) is 0 Å². The highest BCUT2D eigenvalue weighted by Gasteiger charge is 2.35. The number of halogens is 4. The van der Waals surface area contributed by atoms with E-state index in [-0.39, 0.29) is 11.6 Å². The number of benzene rings is 1. The zero-order valence-corrected chi connectivity index (χ0v) is 11.4. The molecule has 0 aromatic heterocycles. The average Bonchev–Trinajstić information content (AvgIpc) is 2.80. The molecule has 0 spiro atoms. The number of rotatable bonds is 2. The van der Waals surface area contributed by atoms with Gasteiger partial charge in [0, 0.05) is 17.1 Å². The van der Waals surface area contributed by atoms with E-state index < -0.39 is 17.6 Å². The maximum atomic E-state index is 12.9. The fraction of sp³-hybridized carbons (Fsp3) is 0.417. The number of nitrogens with one attached hydrogen (secondary N) is 2. The van der Waals surface area contributed by atoms with Crippen molar-refractivity contribution in [3.05, 3.63) is 33.8 Å². The van der Waals surface area contributed by atoms with Crippen LogP contribution < -0.4 is 10.6 Å². The van der Waals surface area contributed by atoms with Crippen LogP contribution in [0.1, 0.15) is 22.3 Å². The highest BCUT2D eigenvalue weighted by Crippen LogP contribution is 2.33. The number of hydrogen-bond donors (Lipinski definition) is 2. The summed E-state index contributed by atoms with van der Waals surface area (Å²) in [5.74, 6) is -0.687. The zero-order valence-electron chi connectivity index (χ0n) is 9.85. The van der Waals surface area contributed by atoms with Crippen LogP contribution in [0.2, 0.25) is 0 Å². The third-order valence-corrected chi connectivity index (χ3v) is 3.42. The van der Waals surface area contributed by atoms with Crippen LogP contribution in [0.5, 0.6) is 0 Å². The molecule has 0 unspecified atom stereocenters. The average molecular weight is 337 g/mol. The van der Waals surface area contributed by atoms with Crippen molar-refractivity contribution < 1.29 is 18.0 Å². The van der Waals surface area contributed by atoms with Crippen LogP contribution in [0.25, 0.3) is 0 Å². The van der Waals surface area contributed by atoms with E-state index in [9.17, 15) is 18.0 Å². The summed E-state index contributed by atoms with van der Waals surface area (Å²) in [6, 6.07) is 3.42. The van der Waals surface area contributed by atoms with Gasteiger partial charge in [0.2, 0.25) is 0 Å². The lowest BCUT2D eigenvalue weighted by molar-refractivity contribution is -0.138. The molecule has 3 nitrogen and oxygen atoms in total. The minimum absolute atomic E-state index is 0.114. The van der Waals surface area contributed by atoms with Gasteiger partial charge in [0.15, 0.2) is 0 Å². The standard InChI is InChI=1S/C12H12BrF3N2O/c13-7-1-2-9(10(5-7)12(14,15)16)11(19)18-8-3-4-17-6-8/h1-2,5,8,17H,3-4,6H2,(H,18,19)/t8-/m1/s1. The second-order valence-electron chi connectivity index (χ2n) is 4.35. The lowest BCUT2D eigenvalue weighted by atomic mass is 10.1.